The average Bonchev–Trinajstić information content (AvgIpc) is 3.32. The number of hydrogen-bond acceptors (Lipinski definition) is 3. The highest BCUT2D eigenvalue weighted by Crippen LogP contribution is 2.20. The Bertz CT molecular complexity index is 532. The molecule has 3 heteroatoms. The quantitative estimate of drug-likeness (QED) is 0.841. The van der Waals surface area contributed by atoms with E-state index in [-0.39, 0.29) is 6.04 Å². The van der Waals surface area contributed by atoms with E-state index in [2.05, 4.69) is 58.9 Å². The molecule has 3 rings (SSSR count). The first-order valence-corrected chi connectivity index (χ1v) is 7.31. The van der Waals surface area contributed by atoms with E-state index in [4.69, 9.17) is 0 Å². The third-order valence-electron chi connectivity index (χ3n) is 3.66. The summed E-state index contributed by atoms with van der Waals surface area (Å²) in [5.41, 5.74) is 2.52. The van der Waals surface area contributed by atoms with Crippen LogP contribution in [-0.2, 0) is 6.54 Å². The molecule has 1 fully saturated rings. The molecule has 1 unspecified atom stereocenters. The van der Waals surface area contributed by atoms with Crippen LogP contribution in [0.5, 0.6) is 0 Å². The number of nitrogens with one attached hydrogen (secondary N) is 2. The van der Waals surface area contributed by atoms with Crippen LogP contribution in [0.2, 0.25) is 0 Å². The molecule has 0 spiro atoms. The van der Waals surface area contributed by atoms with Crippen LogP contribution in [0.25, 0.3) is 0 Å². The van der Waals surface area contributed by atoms with Crippen molar-refractivity contribution in [3.05, 3.63) is 59.8 Å². The molecule has 2 N–H and O–H groups in total. The largest absolute Gasteiger partial charge is 0.364 e. The van der Waals surface area contributed by atoms with Gasteiger partial charge in [-0.1, -0.05) is 36.4 Å². The summed E-state index contributed by atoms with van der Waals surface area (Å²) in [7, 11) is 0. The number of benzene rings is 1. The smallest absolute Gasteiger partial charge is 0.126 e. The molecule has 1 saturated carbocycles. The van der Waals surface area contributed by atoms with Crippen molar-refractivity contribution in [3.8, 4) is 0 Å². The van der Waals surface area contributed by atoms with Crippen molar-refractivity contribution in [2.45, 2.75) is 38.4 Å². The van der Waals surface area contributed by atoms with Crippen molar-refractivity contribution >= 4 is 5.82 Å². The SMILES string of the molecule is CC(Nc1ccc(CNC2CC2)cn1)c1ccccc1. The number of hydrogen-bond donors (Lipinski definition) is 2. The Morgan fingerprint density at radius 2 is 1.95 bits per heavy atom. The summed E-state index contributed by atoms with van der Waals surface area (Å²) in [5, 5.41) is 6.93. The lowest BCUT2D eigenvalue weighted by molar-refractivity contribution is 0.686. The topological polar surface area (TPSA) is 37.0 Å². The fourth-order valence-corrected chi connectivity index (χ4v) is 2.21. The van der Waals surface area contributed by atoms with Crippen molar-refractivity contribution in [2.24, 2.45) is 0 Å². The molecule has 3 nitrogen and oxygen atoms in total. The standard InChI is InChI=1S/C17H21N3/c1-13(15-5-3-2-4-6-15)20-17-10-7-14(12-19-17)11-18-16-8-9-16/h2-7,10,12-13,16,18H,8-9,11H2,1H3,(H,19,20). The van der Waals surface area contributed by atoms with Crippen molar-refractivity contribution < 1.29 is 0 Å². The maximum atomic E-state index is 4.49. The minimum absolute atomic E-state index is 0.263. The van der Waals surface area contributed by atoms with E-state index >= 15 is 0 Å². The van der Waals surface area contributed by atoms with Crippen LogP contribution in [0.15, 0.2) is 48.7 Å². The highest BCUT2D eigenvalue weighted by Gasteiger charge is 2.19. The molecule has 1 aliphatic carbocycles. The van der Waals surface area contributed by atoms with Gasteiger partial charge in [0, 0.05) is 24.8 Å². The van der Waals surface area contributed by atoms with Gasteiger partial charge in [-0.2, -0.15) is 0 Å². The average molecular weight is 267 g/mol. The van der Waals surface area contributed by atoms with Gasteiger partial charge in [-0.05, 0) is 37.0 Å². The predicted octanol–water partition coefficient (Wildman–Crippen LogP) is 3.51. The summed E-state index contributed by atoms with van der Waals surface area (Å²) in [6, 6.07) is 15.6. The predicted molar refractivity (Wildman–Crippen MR) is 82.6 cm³/mol. The molecule has 1 aliphatic rings. The summed E-state index contributed by atoms with van der Waals surface area (Å²) in [4.78, 5) is 4.49. The third-order valence-corrected chi connectivity index (χ3v) is 3.66. The first-order valence-electron chi connectivity index (χ1n) is 7.31. The molecule has 1 aromatic carbocycles. The summed E-state index contributed by atoms with van der Waals surface area (Å²) in [6.45, 7) is 3.08. The van der Waals surface area contributed by atoms with Gasteiger partial charge in [-0.15, -0.1) is 0 Å². The lowest BCUT2D eigenvalue weighted by Gasteiger charge is -2.15. The van der Waals surface area contributed by atoms with E-state index in [1.54, 1.807) is 0 Å². The Morgan fingerprint density at radius 3 is 2.60 bits per heavy atom. The van der Waals surface area contributed by atoms with E-state index in [0.717, 1.165) is 18.4 Å². The Morgan fingerprint density at radius 1 is 1.15 bits per heavy atom. The molecule has 1 aromatic heterocycles. The molecule has 0 saturated heterocycles. The molecule has 2 aromatic rings. The van der Waals surface area contributed by atoms with Crippen molar-refractivity contribution in [3.63, 3.8) is 0 Å². The van der Waals surface area contributed by atoms with Gasteiger partial charge in [-0.25, -0.2) is 4.98 Å². The maximum absolute atomic E-state index is 4.49. The van der Waals surface area contributed by atoms with E-state index in [1.807, 2.05) is 12.3 Å². The monoisotopic (exact) mass is 267 g/mol. The van der Waals surface area contributed by atoms with Crippen molar-refractivity contribution in [1.82, 2.24) is 10.3 Å². The van der Waals surface area contributed by atoms with E-state index in [1.165, 1.54) is 24.0 Å². The van der Waals surface area contributed by atoms with E-state index < -0.39 is 0 Å². The Hall–Kier alpha value is -1.87. The maximum Gasteiger partial charge on any atom is 0.126 e. The van der Waals surface area contributed by atoms with Crippen LogP contribution in [0.3, 0.4) is 0 Å². The van der Waals surface area contributed by atoms with Crippen molar-refractivity contribution in [1.29, 1.82) is 0 Å². The first kappa shape index (κ1) is 13.1. The van der Waals surface area contributed by atoms with Crippen molar-refractivity contribution in [2.75, 3.05) is 5.32 Å². The van der Waals surface area contributed by atoms with E-state index in [9.17, 15) is 0 Å². The fraction of sp³-hybridized carbons (Fsp3) is 0.353. The summed E-state index contributed by atoms with van der Waals surface area (Å²) >= 11 is 0. The number of pyridine rings is 1. The highest BCUT2D eigenvalue weighted by molar-refractivity contribution is 5.39. The van der Waals surface area contributed by atoms with Gasteiger partial charge in [-0.3, -0.25) is 0 Å². The Balaban J connectivity index is 1.56. The van der Waals surface area contributed by atoms with Crippen LogP contribution in [0.4, 0.5) is 5.82 Å². The highest BCUT2D eigenvalue weighted by atomic mass is 15.0. The zero-order chi connectivity index (χ0) is 13.8. The van der Waals surface area contributed by atoms with Gasteiger partial charge in [0.2, 0.25) is 0 Å². The zero-order valence-corrected chi connectivity index (χ0v) is 11.8. The van der Waals surface area contributed by atoms with Crippen LogP contribution in [0, 0.1) is 0 Å². The molecule has 1 atom stereocenters. The van der Waals surface area contributed by atoms with Gasteiger partial charge in [0.05, 0.1) is 0 Å². The number of rotatable bonds is 6. The third kappa shape index (κ3) is 3.58. The molecular weight excluding hydrogens is 246 g/mol. The van der Waals surface area contributed by atoms with E-state index in [0.29, 0.717) is 0 Å². The molecule has 104 valence electrons. The second-order valence-electron chi connectivity index (χ2n) is 5.48. The summed E-state index contributed by atoms with van der Waals surface area (Å²) in [5.74, 6) is 0.927. The normalized spacial score (nSPS) is 15.8. The molecular formula is C17H21N3. The van der Waals surface area contributed by atoms with Crippen LogP contribution in [0.1, 0.15) is 36.9 Å². The fourth-order valence-electron chi connectivity index (χ4n) is 2.21. The van der Waals surface area contributed by atoms with Gasteiger partial charge < -0.3 is 10.6 Å². The number of nitrogens with zero attached hydrogens (tertiary/aromatic N) is 1. The second kappa shape index (κ2) is 6.06. The molecule has 20 heavy (non-hydrogen) atoms. The van der Waals surface area contributed by atoms with Gasteiger partial charge in [0.15, 0.2) is 0 Å². The Labute approximate surface area is 120 Å². The van der Waals surface area contributed by atoms with Gasteiger partial charge in [0.1, 0.15) is 5.82 Å². The van der Waals surface area contributed by atoms with Crippen LogP contribution >= 0.6 is 0 Å². The molecule has 0 radical (unpaired) electrons. The second-order valence-corrected chi connectivity index (χ2v) is 5.48. The lowest BCUT2D eigenvalue weighted by atomic mass is 10.1. The first-order chi connectivity index (χ1) is 9.81. The zero-order valence-electron chi connectivity index (χ0n) is 11.8. The number of aromatic nitrogens is 1. The summed E-state index contributed by atoms with van der Waals surface area (Å²) in [6.07, 6.45) is 4.60. The minimum atomic E-state index is 0.263. The lowest BCUT2D eigenvalue weighted by Crippen LogP contribution is -2.15. The molecule has 0 aliphatic heterocycles. The van der Waals surface area contributed by atoms with Gasteiger partial charge in [0.25, 0.3) is 0 Å². The van der Waals surface area contributed by atoms with Gasteiger partial charge >= 0.3 is 0 Å². The Kier molecular flexibility index (Phi) is 3.97. The number of anilines is 1. The summed E-state index contributed by atoms with van der Waals surface area (Å²) < 4.78 is 0. The van der Waals surface area contributed by atoms with Crippen LogP contribution in [-0.4, -0.2) is 11.0 Å². The molecule has 1 heterocycles. The minimum Gasteiger partial charge on any atom is -0.364 e. The molecule has 0 amide bonds. The van der Waals surface area contributed by atoms with Crippen LogP contribution < -0.4 is 10.6 Å². The molecule has 0 bridgehead atoms.